The van der Waals surface area contributed by atoms with Crippen LogP contribution in [0, 0.1) is 0 Å². The maximum absolute atomic E-state index is 11.2. The Morgan fingerprint density at radius 1 is 1.06 bits per heavy atom. The maximum atomic E-state index is 11.2. The van der Waals surface area contributed by atoms with Crippen molar-refractivity contribution in [1.82, 2.24) is 0 Å². The Hall–Kier alpha value is -3.57. The van der Waals surface area contributed by atoms with Gasteiger partial charge < -0.3 is 20.0 Å². The van der Waals surface area contributed by atoms with Gasteiger partial charge in [-0.2, -0.15) is 0 Å². The Morgan fingerprint density at radius 2 is 1.88 bits per heavy atom. The molecule has 0 radical (unpaired) electrons. The molecule has 0 unspecified atom stereocenters. The van der Waals surface area contributed by atoms with E-state index >= 15 is 0 Å². The predicted octanol–water partition coefficient (Wildman–Crippen LogP) is 5.72. The Labute approximate surface area is 187 Å². The van der Waals surface area contributed by atoms with Gasteiger partial charge in [-0.3, -0.25) is 4.79 Å². The molecule has 0 saturated carbocycles. The van der Waals surface area contributed by atoms with Gasteiger partial charge in [-0.25, -0.2) is 0 Å². The van der Waals surface area contributed by atoms with Crippen molar-refractivity contribution in [2.75, 3.05) is 0 Å². The highest BCUT2D eigenvalue weighted by Crippen LogP contribution is 2.36. The van der Waals surface area contributed by atoms with Crippen molar-refractivity contribution in [3.05, 3.63) is 89.2 Å². The lowest BCUT2D eigenvalue weighted by molar-refractivity contribution is -0.136. The fourth-order valence-corrected chi connectivity index (χ4v) is 4.05. The van der Waals surface area contributed by atoms with Crippen molar-refractivity contribution in [3.63, 3.8) is 0 Å². The summed E-state index contributed by atoms with van der Waals surface area (Å²) in [6.45, 7) is 2.89. The zero-order valence-corrected chi connectivity index (χ0v) is 18.1. The van der Waals surface area contributed by atoms with Crippen molar-refractivity contribution in [2.24, 2.45) is 5.73 Å². The lowest BCUT2D eigenvalue weighted by atomic mass is 9.96. The molecule has 164 valence electrons. The van der Waals surface area contributed by atoms with Crippen LogP contribution in [0.25, 0.3) is 22.1 Å². The highest BCUT2D eigenvalue weighted by atomic mass is 16.5. The number of aliphatic carboxylic acids is 1. The molecule has 0 aliphatic rings. The summed E-state index contributed by atoms with van der Waals surface area (Å²) in [5, 5.41) is 10.3. The van der Waals surface area contributed by atoms with Gasteiger partial charge in [0.1, 0.15) is 23.7 Å². The van der Waals surface area contributed by atoms with E-state index in [1.165, 1.54) is 0 Å². The molecule has 0 fully saturated rings. The SMILES string of the molecule is CCCc1oc2cccc(-c3cccc(CN)c3)c2c1COc1ccccc1CC(=O)O. The van der Waals surface area contributed by atoms with E-state index in [1.807, 2.05) is 42.5 Å². The van der Waals surface area contributed by atoms with Crippen LogP contribution >= 0.6 is 0 Å². The minimum absolute atomic E-state index is 0.0821. The number of nitrogens with two attached hydrogens (primary N) is 1. The van der Waals surface area contributed by atoms with Crippen LogP contribution < -0.4 is 10.5 Å². The van der Waals surface area contributed by atoms with Crippen molar-refractivity contribution < 1.29 is 19.1 Å². The largest absolute Gasteiger partial charge is 0.488 e. The second-order valence-corrected chi connectivity index (χ2v) is 7.80. The highest BCUT2D eigenvalue weighted by Gasteiger charge is 2.19. The molecule has 4 aromatic rings. The van der Waals surface area contributed by atoms with E-state index in [-0.39, 0.29) is 6.42 Å². The van der Waals surface area contributed by atoms with Crippen LogP contribution in [0.5, 0.6) is 5.75 Å². The number of carboxylic acid groups (broad SMARTS) is 1. The van der Waals surface area contributed by atoms with Crippen LogP contribution in [0.1, 0.15) is 35.8 Å². The quantitative estimate of drug-likeness (QED) is 0.356. The summed E-state index contributed by atoms with van der Waals surface area (Å²) in [7, 11) is 0. The standard InChI is InChI=1S/C27H27NO4/c1-2-7-24-22(17-31-23-12-4-3-9-20(23)15-26(29)30)27-21(11-6-13-25(27)32-24)19-10-5-8-18(14-19)16-28/h3-6,8-14H,2,7,15-17,28H2,1H3,(H,29,30). The van der Waals surface area contributed by atoms with E-state index in [0.717, 1.165) is 51.8 Å². The first kappa shape index (κ1) is 21.7. The number of benzene rings is 3. The van der Waals surface area contributed by atoms with Crippen molar-refractivity contribution in [2.45, 2.75) is 39.3 Å². The Balaban J connectivity index is 1.78. The zero-order valence-electron chi connectivity index (χ0n) is 18.1. The molecule has 4 rings (SSSR count). The van der Waals surface area contributed by atoms with E-state index in [1.54, 1.807) is 6.07 Å². The number of hydrogen-bond donors (Lipinski definition) is 2. The first-order valence-corrected chi connectivity index (χ1v) is 10.9. The van der Waals surface area contributed by atoms with Crippen LogP contribution in [0.3, 0.4) is 0 Å². The summed E-state index contributed by atoms with van der Waals surface area (Å²) in [5.74, 6) is 0.596. The lowest BCUT2D eigenvalue weighted by Gasteiger charge is -2.12. The number of rotatable bonds is 9. The monoisotopic (exact) mass is 429 g/mol. The molecule has 0 aliphatic heterocycles. The van der Waals surface area contributed by atoms with E-state index < -0.39 is 5.97 Å². The molecule has 3 aromatic carbocycles. The number of carboxylic acids is 1. The number of aryl methyl sites for hydroxylation is 1. The van der Waals surface area contributed by atoms with Gasteiger partial charge in [0, 0.05) is 29.5 Å². The number of furan rings is 1. The average molecular weight is 430 g/mol. The van der Waals surface area contributed by atoms with Crippen LogP contribution in [0.15, 0.2) is 71.1 Å². The first-order chi connectivity index (χ1) is 15.6. The number of fused-ring (bicyclic) bond motifs is 1. The Morgan fingerprint density at radius 3 is 2.66 bits per heavy atom. The predicted molar refractivity (Wildman–Crippen MR) is 126 cm³/mol. The van der Waals surface area contributed by atoms with Gasteiger partial charge in [-0.05, 0) is 41.3 Å². The second kappa shape index (κ2) is 9.71. The molecule has 3 N–H and O–H groups in total. The Bertz CT molecular complexity index is 1240. The molecule has 5 nitrogen and oxygen atoms in total. The van der Waals surface area contributed by atoms with Crippen molar-refractivity contribution in [1.29, 1.82) is 0 Å². The average Bonchev–Trinajstić information content (AvgIpc) is 3.15. The van der Waals surface area contributed by atoms with Gasteiger partial charge in [-0.15, -0.1) is 0 Å². The third kappa shape index (κ3) is 4.53. The second-order valence-electron chi connectivity index (χ2n) is 7.80. The molecule has 0 atom stereocenters. The molecule has 0 amide bonds. The summed E-state index contributed by atoms with van der Waals surface area (Å²) in [5.41, 5.74) is 11.6. The van der Waals surface area contributed by atoms with E-state index in [9.17, 15) is 9.90 Å². The van der Waals surface area contributed by atoms with Crippen LogP contribution in [0.4, 0.5) is 0 Å². The van der Waals surface area contributed by atoms with Crippen molar-refractivity contribution >= 4 is 16.9 Å². The van der Waals surface area contributed by atoms with Gasteiger partial charge in [0.2, 0.25) is 0 Å². The molecule has 0 spiro atoms. The molecule has 0 saturated heterocycles. The molecule has 0 bridgehead atoms. The third-order valence-electron chi connectivity index (χ3n) is 5.53. The summed E-state index contributed by atoms with van der Waals surface area (Å²) >= 11 is 0. The normalized spacial score (nSPS) is 11.1. The van der Waals surface area contributed by atoms with Gasteiger partial charge in [0.15, 0.2) is 0 Å². The van der Waals surface area contributed by atoms with Gasteiger partial charge in [-0.1, -0.05) is 55.5 Å². The van der Waals surface area contributed by atoms with Crippen LogP contribution in [-0.4, -0.2) is 11.1 Å². The fraction of sp³-hybridized carbons (Fsp3) is 0.222. The van der Waals surface area contributed by atoms with Crippen molar-refractivity contribution in [3.8, 4) is 16.9 Å². The number of para-hydroxylation sites is 1. The molecule has 1 aromatic heterocycles. The van der Waals surface area contributed by atoms with E-state index in [2.05, 4.69) is 25.1 Å². The smallest absolute Gasteiger partial charge is 0.307 e. The number of ether oxygens (including phenoxy) is 1. The molecule has 1 heterocycles. The lowest BCUT2D eigenvalue weighted by Crippen LogP contribution is -2.05. The molecule has 5 heteroatoms. The third-order valence-corrected chi connectivity index (χ3v) is 5.53. The van der Waals surface area contributed by atoms with E-state index in [0.29, 0.717) is 24.5 Å². The number of carbonyl (C=O) groups is 1. The maximum Gasteiger partial charge on any atom is 0.307 e. The van der Waals surface area contributed by atoms with Gasteiger partial charge >= 0.3 is 5.97 Å². The van der Waals surface area contributed by atoms with Crippen LogP contribution in [0.2, 0.25) is 0 Å². The summed E-state index contributed by atoms with van der Waals surface area (Å²) in [6.07, 6.45) is 1.66. The summed E-state index contributed by atoms with van der Waals surface area (Å²) in [6, 6.07) is 21.6. The molecule has 32 heavy (non-hydrogen) atoms. The summed E-state index contributed by atoms with van der Waals surface area (Å²) < 4.78 is 12.4. The molecular formula is C27H27NO4. The van der Waals surface area contributed by atoms with Crippen LogP contribution in [-0.2, 0) is 30.8 Å². The highest BCUT2D eigenvalue weighted by molar-refractivity contribution is 5.97. The topological polar surface area (TPSA) is 85.7 Å². The number of hydrogen-bond acceptors (Lipinski definition) is 4. The summed E-state index contributed by atoms with van der Waals surface area (Å²) in [4.78, 5) is 11.2. The Kier molecular flexibility index (Phi) is 6.57. The van der Waals surface area contributed by atoms with Gasteiger partial charge in [0.05, 0.1) is 6.42 Å². The molecular weight excluding hydrogens is 402 g/mol. The van der Waals surface area contributed by atoms with Gasteiger partial charge in [0.25, 0.3) is 0 Å². The van der Waals surface area contributed by atoms with E-state index in [4.69, 9.17) is 14.9 Å². The first-order valence-electron chi connectivity index (χ1n) is 10.9. The molecule has 0 aliphatic carbocycles. The zero-order chi connectivity index (χ0) is 22.5. The minimum atomic E-state index is -0.886. The fourth-order valence-electron chi connectivity index (χ4n) is 4.05. The minimum Gasteiger partial charge on any atom is -0.488 e.